The lowest BCUT2D eigenvalue weighted by molar-refractivity contribution is 0.0472. The lowest BCUT2D eigenvalue weighted by atomic mass is 10.1. The zero-order valence-corrected chi connectivity index (χ0v) is 13.1. The van der Waals surface area contributed by atoms with Gasteiger partial charge in [-0.3, -0.25) is 4.68 Å². The molecule has 0 radical (unpaired) electrons. The van der Waals surface area contributed by atoms with Crippen molar-refractivity contribution in [3.05, 3.63) is 88.7 Å². The minimum Gasteiger partial charge on any atom is -0.457 e. The third-order valence-corrected chi connectivity index (χ3v) is 3.59. The molecule has 0 bridgehead atoms. The van der Waals surface area contributed by atoms with Crippen LogP contribution in [0.15, 0.2) is 67.0 Å². The predicted molar refractivity (Wildman–Crippen MR) is 88.3 cm³/mol. The van der Waals surface area contributed by atoms with Crippen LogP contribution in [0.2, 0.25) is 5.02 Å². The van der Waals surface area contributed by atoms with Gasteiger partial charge < -0.3 is 4.74 Å². The molecule has 4 nitrogen and oxygen atoms in total. The van der Waals surface area contributed by atoms with Crippen LogP contribution in [0.4, 0.5) is 0 Å². The third kappa shape index (κ3) is 4.20. The van der Waals surface area contributed by atoms with Crippen LogP contribution in [0.3, 0.4) is 0 Å². The normalized spacial score (nSPS) is 10.5. The average molecular weight is 327 g/mol. The zero-order chi connectivity index (χ0) is 16.1. The van der Waals surface area contributed by atoms with Crippen molar-refractivity contribution in [1.29, 1.82) is 0 Å². The molecule has 0 aliphatic carbocycles. The smallest absolute Gasteiger partial charge is 0.338 e. The standard InChI is InChI=1S/C18H15ClN2O2/c19-17-4-1-3-15(11-17)13-23-18(22)16-7-5-14(6-8-16)12-21-10-2-9-20-21/h1-11H,12-13H2. The molecule has 0 N–H and O–H groups in total. The Morgan fingerprint density at radius 2 is 1.91 bits per heavy atom. The Morgan fingerprint density at radius 3 is 2.61 bits per heavy atom. The van der Waals surface area contributed by atoms with Gasteiger partial charge in [-0.05, 0) is 41.5 Å². The number of aromatic nitrogens is 2. The summed E-state index contributed by atoms with van der Waals surface area (Å²) in [5, 5.41) is 4.78. The lowest BCUT2D eigenvalue weighted by Crippen LogP contribution is -2.06. The number of nitrogens with zero attached hydrogens (tertiary/aromatic N) is 2. The van der Waals surface area contributed by atoms with E-state index in [1.165, 1.54) is 0 Å². The topological polar surface area (TPSA) is 44.1 Å². The minimum absolute atomic E-state index is 0.203. The van der Waals surface area contributed by atoms with E-state index in [4.69, 9.17) is 16.3 Å². The van der Waals surface area contributed by atoms with Gasteiger partial charge in [0.25, 0.3) is 0 Å². The second-order valence-electron chi connectivity index (χ2n) is 5.11. The van der Waals surface area contributed by atoms with Crippen molar-refractivity contribution in [3.8, 4) is 0 Å². The predicted octanol–water partition coefficient (Wildman–Crippen LogP) is 3.94. The first kappa shape index (κ1) is 15.3. The van der Waals surface area contributed by atoms with Gasteiger partial charge in [0.1, 0.15) is 6.61 Å². The van der Waals surface area contributed by atoms with Crippen molar-refractivity contribution in [2.75, 3.05) is 0 Å². The van der Waals surface area contributed by atoms with Crippen LogP contribution in [0.1, 0.15) is 21.5 Å². The van der Waals surface area contributed by atoms with E-state index in [0.29, 0.717) is 17.1 Å². The number of halogens is 1. The monoisotopic (exact) mass is 326 g/mol. The molecule has 2 aromatic carbocycles. The van der Waals surface area contributed by atoms with Gasteiger partial charge in [-0.25, -0.2) is 4.79 Å². The molecule has 1 heterocycles. The number of ether oxygens (including phenoxy) is 1. The maximum Gasteiger partial charge on any atom is 0.338 e. The Labute approximate surface area is 139 Å². The molecule has 0 aliphatic heterocycles. The summed E-state index contributed by atoms with van der Waals surface area (Å²) in [6, 6.07) is 16.5. The van der Waals surface area contributed by atoms with E-state index in [0.717, 1.165) is 11.1 Å². The third-order valence-electron chi connectivity index (χ3n) is 3.35. The molecule has 5 heteroatoms. The summed E-state index contributed by atoms with van der Waals surface area (Å²) in [5.41, 5.74) is 2.46. The van der Waals surface area contributed by atoms with Crippen LogP contribution in [-0.2, 0) is 17.9 Å². The van der Waals surface area contributed by atoms with E-state index in [1.54, 1.807) is 30.5 Å². The van der Waals surface area contributed by atoms with Gasteiger partial charge in [0.2, 0.25) is 0 Å². The first-order valence-electron chi connectivity index (χ1n) is 7.19. The van der Waals surface area contributed by atoms with Crippen molar-refractivity contribution in [2.24, 2.45) is 0 Å². The summed E-state index contributed by atoms with van der Waals surface area (Å²) < 4.78 is 7.13. The number of rotatable bonds is 5. The van der Waals surface area contributed by atoms with E-state index in [9.17, 15) is 4.79 Å². The average Bonchev–Trinajstić information content (AvgIpc) is 3.06. The molecule has 0 unspecified atom stereocenters. The molecular formula is C18H15ClN2O2. The van der Waals surface area contributed by atoms with Crippen molar-refractivity contribution >= 4 is 17.6 Å². The quantitative estimate of drug-likeness (QED) is 0.667. The number of carbonyl (C=O) groups is 1. The van der Waals surface area contributed by atoms with Crippen molar-refractivity contribution < 1.29 is 9.53 Å². The fraction of sp³-hybridized carbons (Fsp3) is 0.111. The lowest BCUT2D eigenvalue weighted by Gasteiger charge is -2.07. The van der Waals surface area contributed by atoms with E-state index in [-0.39, 0.29) is 12.6 Å². The Hall–Kier alpha value is -2.59. The SMILES string of the molecule is O=C(OCc1cccc(Cl)c1)c1ccc(Cn2cccn2)cc1. The van der Waals surface area contributed by atoms with Crippen molar-refractivity contribution in [2.45, 2.75) is 13.2 Å². The molecule has 0 aliphatic rings. The second kappa shape index (κ2) is 7.11. The van der Waals surface area contributed by atoms with Crippen LogP contribution in [-0.4, -0.2) is 15.7 Å². The molecule has 0 amide bonds. The number of carbonyl (C=O) groups excluding carboxylic acids is 1. The molecule has 0 atom stereocenters. The maximum absolute atomic E-state index is 12.1. The van der Waals surface area contributed by atoms with Gasteiger partial charge in [-0.1, -0.05) is 35.9 Å². The number of benzene rings is 2. The zero-order valence-electron chi connectivity index (χ0n) is 12.4. The molecule has 0 spiro atoms. The van der Waals surface area contributed by atoms with Gasteiger partial charge in [0.15, 0.2) is 0 Å². The summed E-state index contributed by atoms with van der Waals surface area (Å²) in [6.07, 6.45) is 3.63. The first-order chi connectivity index (χ1) is 11.2. The number of hydrogen-bond acceptors (Lipinski definition) is 3. The van der Waals surface area contributed by atoms with Crippen LogP contribution < -0.4 is 0 Å². The second-order valence-corrected chi connectivity index (χ2v) is 5.54. The Balaban J connectivity index is 1.59. The fourth-order valence-corrected chi connectivity index (χ4v) is 2.40. The molecule has 0 fully saturated rings. The molecule has 116 valence electrons. The molecule has 23 heavy (non-hydrogen) atoms. The van der Waals surface area contributed by atoms with E-state index in [2.05, 4.69) is 5.10 Å². The van der Waals surface area contributed by atoms with Gasteiger partial charge in [0, 0.05) is 17.4 Å². The van der Waals surface area contributed by atoms with Crippen LogP contribution in [0.25, 0.3) is 0 Å². The van der Waals surface area contributed by atoms with Crippen LogP contribution in [0, 0.1) is 0 Å². The molecule has 3 aromatic rings. The Morgan fingerprint density at radius 1 is 1.09 bits per heavy atom. The highest BCUT2D eigenvalue weighted by Gasteiger charge is 2.07. The summed E-state index contributed by atoms with van der Waals surface area (Å²) in [4.78, 5) is 12.1. The highest BCUT2D eigenvalue weighted by Crippen LogP contribution is 2.13. The minimum atomic E-state index is -0.351. The van der Waals surface area contributed by atoms with Gasteiger partial charge >= 0.3 is 5.97 Å². The van der Waals surface area contributed by atoms with Crippen LogP contribution >= 0.6 is 11.6 Å². The summed E-state index contributed by atoms with van der Waals surface area (Å²) >= 11 is 5.91. The Kier molecular flexibility index (Phi) is 4.74. The molecule has 1 aromatic heterocycles. The maximum atomic E-state index is 12.1. The fourth-order valence-electron chi connectivity index (χ4n) is 2.19. The van der Waals surface area contributed by atoms with E-state index in [1.807, 2.05) is 41.2 Å². The van der Waals surface area contributed by atoms with Gasteiger partial charge in [-0.2, -0.15) is 5.10 Å². The molecule has 0 saturated carbocycles. The van der Waals surface area contributed by atoms with Crippen molar-refractivity contribution in [3.63, 3.8) is 0 Å². The summed E-state index contributed by atoms with van der Waals surface area (Å²) in [7, 11) is 0. The van der Waals surface area contributed by atoms with Crippen LogP contribution in [0.5, 0.6) is 0 Å². The molecule has 0 saturated heterocycles. The Bertz CT molecular complexity index is 783. The van der Waals surface area contributed by atoms with E-state index < -0.39 is 0 Å². The largest absolute Gasteiger partial charge is 0.457 e. The number of esters is 1. The van der Waals surface area contributed by atoms with E-state index >= 15 is 0 Å². The number of hydrogen-bond donors (Lipinski definition) is 0. The first-order valence-corrected chi connectivity index (χ1v) is 7.56. The highest BCUT2D eigenvalue weighted by molar-refractivity contribution is 6.30. The van der Waals surface area contributed by atoms with Gasteiger partial charge in [0.05, 0.1) is 12.1 Å². The van der Waals surface area contributed by atoms with Crippen molar-refractivity contribution in [1.82, 2.24) is 9.78 Å². The molecule has 3 rings (SSSR count). The van der Waals surface area contributed by atoms with Gasteiger partial charge in [-0.15, -0.1) is 0 Å². The highest BCUT2D eigenvalue weighted by atomic mass is 35.5. The summed E-state index contributed by atoms with van der Waals surface area (Å²) in [5.74, 6) is -0.351. The molecular weight excluding hydrogens is 312 g/mol. The summed E-state index contributed by atoms with van der Waals surface area (Å²) in [6.45, 7) is 0.874.